The van der Waals surface area contributed by atoms with Gasteiger partial charge in [0.1, 0.15) is 0 Å². The fraction of sp³-hybridized carbons (Fsp3) is 0.562. The summed E-state index contributed by atoms with van der Waals surface area (Å²) >= 11 is 0. The lowest BCUT2D eigenvalue weighted by atomic mass is 9.92. The summed E-state index contributed by atoms with van der Waals surface area (Å²) in [5.74, 6) is 0.177. The summed E-state index contributed by atoms with van der Waals surface area (Å²) in [6.45, 7) is 0. The van der Waals surface area contributed by atoms with Gasteiger partial charge in [-0.25, -0.2) is 0 Å². The smallest absolute Gasteiger partial charge is 0.226 e. The molecule has 0 atom stereocenters. The number of amides is 1. The van der Waals surface area contributed by atoms with E-state index in [0.717, 1.165) is 36.9 Å². The first-order chi connectivity index (χ1) is 9.60. The Morgan fingerprint density at radius 1 is 1.25 bits per heavy atom. The molecule has 1 amide bonds. The van der Waals surface area contributed by atoms with Crippen LogP contribution in [0, 0.1) is 0 Å². The molecule has 0 bridgehead atoms. The zero-order valence-corrected chi connectivity index (χ0v) is 12.3. The molecule has 1 aromatic rings. The number of methoxy groups -OCH3 is 1. The van der Waals surface area contributed by atoms with Crippen molar-refractivity contribution in [3.63, 3.8) is 0 Å². The second-order valence-corrected chi connectivity index (χ2v) is 5.59. The number of carbonyl (C=O) groups is 1. The molecular weight excluding hydrogens is 252 g/mol. The van der Waals surface area contributed by atoms with E-state index >= 15 is 0 Å². The third-order valence-corrected chi connectivity index (χ3v) is 4.25. The molecule has 0 radical (unpaired) electrons. The molecule has 4 heteroatoms. The van der Waals surface area contributed by atoms with Crippen LogP contribution in [0.1, 0.15) is 31.2 Å². The summed E-state index contributed by atoms with van der Waals surface area (Å²) in [7, 11) is 3.68. The number of nitrogens with zero attached hydrogens (tertiary/aromatic N) is 1. The Bertz CT molecular complexity index is 436. The third kappa shape index (κ3) is 3.73. The van der Waals surface area contributed by atoms with Crippen LogP contribution in [0.4, 0.5) is 5.69 Å². The van der Waals surface area contributed by atoms with E-state index in [9.17, 15) is 4.79 Å². The van der Waals surface area contributed by atoms with E-state index in [-0.39, 0.29) is 5.91 Å². The fourth-order valence-corrected chi connectivity index (χ4v) is 2.81. The van der Waals surface area contributed by atoms with Crippen LogP contribution in [0.2, 0.25) is 0 Å². The van der Waals surface area contributed by atoms with Gasteiger partial charge in [-0.2, -0.15) is 0 Å². The first-order valence-electron chi connectivity index (χ1n) is 7.23. The normalized spacial score (nSPS) is 22.5. The summed E-state index contributed by atoms with van der Waals surface area (Å²) in [6, 6.07) is 7.87. The van der Waals surface area contributed by atoms with Gasteiger partial charge >= 0.3 is 0 Å². The van der Waals surface area contributed by atoms with Crippen molar-refractivity contribution >= 4 is 11.6 Å². The molecule has 2 N–H and O–H groups in total. The van der Waals surface area contributed by atoms with Gasteiger partial charge < -0.3 is 15.4 Å². The molecule has 0 aliphatic heterocycles. The van der Waals surface area contributed by atoms with E-state index in [1.54, 1.807) is 7.11 Å². The zero-order valence-electron chi connectivity index (χ0n) is 12.3. The molecular formula is C16H24N2O2. The average Bonchev–Trinajstić information content (AvgIpc) is 2.49. The number of ether oxygens (including phenoxy) is 1. The van der Waals surface area contributed by atoms with Crippen molar-refractivity contribution in [1.82, 2.24) is 4.90 Å². The Morgan fingerprint density at radius 3 is 2.40 bits per heavy atom. The van der Waals surface area contributed by atoms with Crippen molar-refractivity contribution < 1.29 is 9.53 Å². The van der Waals surface area contributed by atoms with E-state index in [1.165, 1.54) is 0 Å². The maximum absolute atomic E-state index is 12.3. The molecule has 110 valence electrons. The summed E-state index contributed by atoms with van der Waals surface area (Å²) in [5.41, 5.74) is 7.40. The number of rotatable bonds is 4. The molecule has 0 aromatic heterocycles. The van der Waals surface area contributed by atoms with Crippen LogP contribution >= 0.6 is 0 Å². The molecule has 1 aliphatic carbocycles. The second-order valence-electron chi connectivity index (χ2n) is 5.59. The molecule has 0 unspecified atom stereocenters. The SMILES string of the molecule is COC1CCC(N(C)C(=O)Cc2ccc(N)cc2)CC1. The van der Waals surface area contributed by atoms with E-state index in [4.69, 9.17) is 10.5 Å². The van der Waals surface area contributed by atoms with Gasteiger partial charge in [-0.15, -0.1) is 0 Å². The van der Waals surface area contributed by atoms with Crippen molar-refractivity contribution in [2.24, 2.45) is 0 Å². The highest BCUT2D eigenvalue weighted by Gasteiger charge is 2.26. The second kappa shape index (κ2) is 6.75. The van der Waals surface area contributed by atoms with Crippen molar-refractivity contribution in [2.45, 2.75) is 44.2 Å². The van der Waals surface area contributed by atoms with Crippen LogP contribution in [-0.4, -0.2) is 37.1 Å². The van der Waals surface area contributed by atoms with Gasteiger partial charge in [0.2, 0.25) is 5.91 Å². The number of nitrogens with two attached hydrogens (primary N) is 1. The fourth-order valence-electron chi connectivity index (χ4n) is 2.81. The Morgan fingerprint density at radius 2 is 1.85 bits per heavy atom. The van der Waals surface area contributed by atoms with E-state index in [1.807, 2.05) is 36.2 Å². The first-order valence-corrected chi connectivity index (χ1v) is 7.23. The van der Waals surface area contributed by atoms with Gasteiger partial charge in [-0.1, -0.05) is 12.1 Å². The summed E-state index contributed by atoms with van der Waals surface area (Å²) < 4.78 is 5.37. The molecule has 0 saturated heterocycles. The first kappa shape index (κ1) is 14.9. The molecule has 4 nitrogen and oxygen atoms in total. The van der Waals surface area contributed by atoms with Crippen LogP contribution in [-0.2, 0) is 16.0 Å². The molecule has 2 rings (SSSR count). The number of hydrogen-bond acceptors (Lipinski definition) is 3. The minimum Gasteiger partial charge on any atom is -0.399 e. The number of likely N-dealkylation sites (N-methyl/N-ethyl adjacent to an activating group) is 1. The Kier molecular flexibility index (Phi) is 5.01. The van der Waals surface area contributed by atoms with E-state index < -0.39 is 0 Å². The number of nitrogen functional groups attached to an aromatic ring is 1. The van der Waals surface area contributed by atoms with Gasteiger partial charge in [-0.3, -0.25) is 4.79 Å². The van der Waals surface area contributed by atoms with Crippen molar-refractivity contribution in [1.29, 1.82) is 0 Å². The topological polar surface area (TPSA) is 55.6 Å². The number of carbonyl (C=O) groups excluding carboxylic acids is 1. The van der Waals surface area contributed by atoms with Crippen LogP contribution in [0.25, 0.3) is 0 Å². The van der Waals surface area contributed by atoms with Crippen molar-refractivity contribution in [3.8, 4) is 0 Å². The number of anilines is 1. The molecule has 1 aromatic carbocycles. The van der Waals surface area contributed by atoms with Gasteiger partial charge in [0, 0.05) is 25.9 Å². The molecule has 0 heterocycles. The van der Waals surface area contributed by atoms with Gasteiger partial charge in [0.25, 0.3) is 0 Å². The van der Waals surface area contributed by atoms with Gasteiger partial charge in [0.05, 0.1) is 12.5 Å². The average molecular weight is 276 g/mol. The Hall–Kier alpha value is -1.55. The zero-order chi connectivity index (χ0) is 14.5. The highest BCUT2D eigenvalue weighted by molar-refractivity contribution is 5.79. The monoisotopic (exact) mass is 276 g/mol. The standard InChI is InChI=1S/C16H24N2O2/c1-18(14-7-9-15(20-2)10-8-14)16(19)11-12-3-5-13(17)6-4-12/h3-6,14-15H,7-11,17H2,1-2H3. The minimum absolute atomic E-state index is 0.177. The predicted octanol–water partition coefficient (Wildman–Crippen LogP) is 2.23. The summed E-state index contributed by atoms with van der Waals surface area (Å²) in [5, 5.41) is 0. The third-order valence-electron chi connectivity index (χ3n) is 4.25. The molecule has 1 fully saturated rings. The highest BCUT2D eigenvalue weighted by atomic mass is 16.5. The predicted molar refractivity (Wildman–Crippen MR) is 80.4 cm³/mol. The van der Waals surface area contributed by atoms with Crippen LogP contribution in [0.5, 0.6) is 0 Å². The van der Waals surface area contributed by atoms with Gasteiger partial charge in [0.15, 0.2) is 0 Å². The highest BCUT2D eigenvalue weighted by Crippen LogP contribution is 2.24. The summed E-state index contributed by atoms with van der Waals surface area (Å²) in [6.07, 6.45) is 4.96. The summed E-state index contributed by atoms with van der Waals surface area (Å²) in [4.78, 5) is 14.2. The quantitative estimate of drug-likeness (QED) is 0.858. The maximum atomic E-state index is 12.3. The number of hydrogen-bond donors (Lipinski definition) is 1. The van der Waals surface area contributed by atoms with Crippen LogP contribution in [0.3, 0.4) is 0 Å². The molecule has 1 saturated carbocycles. The maximum Gasteiger partial charge on any atom is 0.226 e. The molecule has 1 aliphatic rings. The molecule has 0 spiro atoms. The largest absolute Gasteiger partial charge is 0.399 e. The van der Waals surface area contributed by atoms with E-state index in [2.05, 4.69) is 0 Å². The lowest BCUT2D eigenvalue weighted by molar-refractivity contribution is -0.132. The molecule has 20 heavy (non-hydrogen) atoms. The number of benzene rings is 1. The lowest BCUT2D eigenvalue weighted by Gasteiger charge is -2.34. The minimum atomic E-state index is 0.177. The Balaban J connectivity index is 1.87. The Labute approximate surface area is 120 Å². The van der Waals surface area contributed by atoms with Crippen LogP contribution in [0.15, 0.2) is 24.3 Å². The van der Waals surface area contributed by atoms with Crippen molar-refractivity contribution in [3.05, 3.63) is 29.8 Å². The van der Waals surface area contributed by atoms with Crippen molar-refractivity contribution in [2.75, 3.05) is 19.9 Å². The van der Waals surface area contributed by atoms with E-state index in [0.29, 0.717) is 18.6 Å². The van der Waals surface area contributed by atoms with Crippen LogP contribution < -0.4 is 5.73 Å². The van der Waals surface area contributed by atoms with Gasteiger partial charge in [-0.05, 0) is 43.4 Å². The lowest BCUT2D eigenvalue weighted by Crippen LogP contribution is -2.41.